The van der Waals surface area contributed by atoms with Crippen LogP contribution in [0, 0.1) is 12.7 Å². The molecule has 2 unspecified atom stereocenters. The number of rotatable bonds is 5. The largest absolute Gasteiger partial charge is 0.376 e. The van der Waals surface area contributed by atoms with Crippen LogP contribution in [0.2, 0.25) is 5.02 Å². The molecule has 0 amide bonds. The van der Waals surface area contributed by atoms with Crippen molar-refractivity contribution in [3.05, 3.63) is 34.1 Å². The highest BCUT2D eigenvalue weighted by Crippen LogP contribution is 2.32. The van der Waals surface area contributed by atoms with Gasteiger partial charge in [0.1, 0.15) is 5.82 Å². The van der Waals surface area contributed by atoms with Crippen LogP contribution in [-0.2, 0) is 4.74 Å². The van der Waals surface area contributed by atoms with Crippen molar-refractivity contribution in [2.45, 2.75) is 45.3 Å². The number of hydrogen-bond donors (Lipinski definition) is 1. The van der Waals surface area contributed by atoms with Crippen LogP contribution >= 0.6 is 11.6 Å². The van der Waals surface area contributed by atoms with Gasteiger partial charge in [-0.3, -0.25) is 0 Å². The summed E-state index contributed by atoms with van der Waals surface area (Å²) in [5.74, 6) is -0.254. The van der Waals surface area contributed by atoms with E-state index in [2.05, 4.69) is 12.2 Å². The van der Waals surface area contributed by atoms with Gasteiger partial charge in [-0.05, 0) is 49.9 Å². The van der Waals surface area contributed by atoms with Crippen LogP contribution in [0.5, 0.6) is 0 Å². The van der Waals surface area contributed by atoms with Crippen molar-refractivity contribution in [3.63, 3.8) is 0 Å². The quantitative estimate of drug-likeness (QED) is 0.883. The highest BCUT2D eigenvalue weighted by molar-refractivity contribution is 6.31. The maximum absolute atomic E-state index is 13.5. The molecule has 19 heavy (non-hydrogen) atoms. The molecule has 1 aliphatic heterocycles. The normalized spacial score (nSPS) is 20.7. The molecule has 1 saturated heterocycles. The van der Waals surface area contributed by atoms with E-state index < -0.39 is 0 Å². The topological polar surface area (TPSA) is 21.3 Å². The first-order chi connectivity index (χ1) is 9.13. The third-order valence-electron chi connectivity index (χ3n) is 3.56. The molecule has 1 aromatic carbocycles. The maximum Gasteiger partial charge on any atom is 0.127 e. The SMILES string of the molecule is CCCNC(c1cc(C)c(F)cc1Cl)C1CCCO1. The Balaban J connectivity index is 2.28. The Morgan fingerprint density at radius 3 is 2.95 bits per heavy atom. The van der Waals surface area contributed by atoms with Crippen LogP contribution in [0.25, 0.3) is 0 Å². The zero-order valence-corrected chi connectivity index (χ0v) is 12.3. The van der Waals surface area contributed by atoms with E-state index in [9.17, 15) is 4.39 Å². The minimum Gasteiger partial charge on any atom is -0.376 e. The fourth-order valence-corrected chi connectivity index (χ4v) is 2.79. The number of benzene rings is 1. The van der Waals surface area contributed by atoms with Crippen LogP contribution in [-0.4, -0.2) is 19.3 Å². The molecular formula is C15H21ClFNO. The lowest BCUT2D eigenvalue weighted by Gasteiger charge is -2.26. The molecule has 1 heterocycles. The maximum atomic E-state index is 13.5. The zero-order chi connectivity index (χ0) is 13.8. The van der Waals surface area contributed by atoms with Gasteiger partial charge in [0.15, 0.2) is 0 Å². The average Bonchev–Trinajstić information content (AvgIpc) is 2.89. The van der Waals surface area contributed by atoms with Crippen molar-refractivity contribution in [1.82, 2.24) is 5.32 Å². The minimum absolute atomic E-state index is 0.0502. The fraction of sp³-hybridized carbons (Fsp3) is 0.600. The Labute approximate surface area is 119 Å². The molecule has 0 spiro atoms. The van der Waals surface area contributed by atoms with Gasteiger partial charge < -0.3 is 10.1 Å². The second kappa shape index (κ2) is 6.69. The fourth-order valence-electron chi connectivity index (χ4n) is 2.52. The number of ether oxygens (including phenoxy) is 1. The Morgan fingerprint density at radius 1 is 1.53 bits per heavy atom. The molecule has 0 bridgehead atoms. The van der Waals surface area contributed by atoms with Gasteiger partial charge in [0.05, 0.1) is 12.1 Å². The van der Waals surface area contributed by atoms with Gasteiger partial charge in [0.2, 0.25) is 0 Å². The van der Waals surface area contributed by atoms with Crippen LogP contribution in [0.15, 0.2) is 12.1 Å². The van der Waals surface area contributed by atoms with Gasteiger partial charge in [-0.25, -0.2) is 4.39 Å². The smallest absolute Gasteiger partial charge is 0.127 e. The van der Waals surface area contributed by atoms with E-state index in [0.717, 1.165) is 38.0 Å². The van der Waals surface area contributed by atoms with Gasteiger partial charge in [-0.1, -0.05) is 24.6 Å². The second-order valence-corrected chi connectivity index (χ2v) is 5.51. The monoisotopic (exact) mass is 285 g/mol. The van der Waals surface area contributed by atoms with E-state index in [4.69, 9.17) is 16.3 Å². The van der Waals surface area contributed by atoms with Crippen LogP contribution in [0.3, 0.4) is 0 Å². The van der Waals surface area contributed by atoms with Crippen molar-refractivity contribution in [2.75, 3.05) is 13.2 Å². The lowest BCUT2D eigenvalue weighted by atomic mass is 9.97. The second-order valence-electron chi connectivity index (χ2n) is 5.11. The predicted molar refractivity (Wildman–Crippen MR) is 76.2 cm³/mol. The summed E-state index contributed by atoms with van der Waals surface area (Å²) in [6.07, 6.45) is 3.27. The Hall–Kier alpha value is -0.640. The van der Waals surface area contributed by atoms with Gasteiger partial charge in [0.25, 0.3) is 0 Å². The third kappa shape index (κ3) is 3.47. The van der Waals surface area contributed by atoms with Crippen molar-refractivity contribution >= 4 is 11.6 Å². The van der Waals surface area contributed by atoms with Crippen molar-refractivity contribution in [1.29, 1.82) is 0 Å². The first-order valence-electron chi connectivity index (χ1n) is 6.94. The number of nitrogens with one attached hydrogen (secondary N) is 1. The Bertz CT molecular complexity index is 432. The van der Waals surface area contributed by atoms with Gasteiger partial charge >= 0.3 is 0 Å². The molecule has 0 saturated carbocycles. The molecular weight excluding hydrogens is 265 g/mol. The summed E-state index contributed by atoms with van der Waals surface area (Å²) < 4.78 is 19.3. The zero-order valence-electron chi connectivity index (χ0n) is 11.5. The van der Waals surface area contributed by atoms with E-state index in [1.807, 2.05) is 6.07 Å². The molecule has 4 heteroatoms. The Morgan fingerprint density at radius 2 is 2.32 bits per heavy atom. The molecule has 1 aromatic rings. The molecule has 1 fully saturated rings. The molecule has 2 rings (SSSR count). The summed E-state index contributed by atoms with van der Waals surface area (Å²) in [4.78, 5) is 0. The van der Waals surface area contributed by atoms with Crippen LogP contribution in [0.1, 0.15) is 43.4 Å². The van der Waals surface area contributed by atoms with E-state index in [1.54, 1.807) is 6.92 Å². The molecule has 1 N–H and O–H groups in total. The number of hydrogen-bond acceptors (Lipinski definition) is 2. The van der Waals surface area contributed by atoms with E-state index >= 15 is 0 Å². The first kappa shape index (κ1) is 14.8. The molecule has 106 valence electrons. The standard InChI is InChI=1S/C15H21ClFNO/c1-3-6-18-15(14-5-4-7-19-14)11-8-10(2)13(17)9-12(11)16/h8-9,14-15,18H,3-7H2,1-2H3. The van der Waals surface area contributed by atoms with E-state index in [0.29, 0.717) is 10.6 Å². The summed E-state index contributed by atoms with van der Waals surface area (Å²) in [6.45, 7) is 5.59. The molecule has 1 aliphatic rings. The van der Waals surface area contributed by atoms with E-state index in [-0.39, 0.29) is 18.0 Å². The molecule has 2 atom stereocenters. The van der Waals surface area contributed by atoms with Gasteiger partial charge in [0, 0.05) is 11.6 Å². The lowest BCUT2D eigenvalue weighted by Crippen LogP contribution is -2.32. The Kier molecular flexibility index (Phi) is 5.20. The minimum atomic E-state index is -0.254. The van der Waals surface area contributed by atoms with Crippen molar-refractivity contribution in [3.8, 4) is 0 Å². The van der Waals surface area contributed by atoms with Gasteiger partial charge in [-0.15, -0.1) is 0 Å². The summed E-state index contributed by atoms with van der Waals surface area (Å²) in [6, 6.07) is 3.29. The molecule has 0 aromatic heterocycles. The average molecular weight is 286 g/mol. The summed E-state index contributed by atoms with van der Waals surface area (Å²) in [7, 11) is 0. The molecule has 2 nitrogen and oxygen atoms in total. The number of halogens is 2. The lowest BCUT2D eigenvalue weighted by molar-refractivity contribution is 0.0783. The third-order valence-corrected chi connectivity index (χ3v) is 3.89. The highest BCUT2D eigenvalue weighted by Gasteiger charge is 2.28. The van der Waals surface area contributed by atoms with Crippen molar-refractivity contribution < 1.29 is 9.13 Å². The first-order valence-corrected chi connectivity index (χ1v) is 7.31. The highest BCUT2D eigenvalue weighted by atomic mass is 35.5. The summed E-state index contributed by atoms with van der Waals surface area (Å²) in [5, 5.41) is 3.96. The predicted octanol–water partition coefficient (Wildman–Crippen LogP) is 4.01. The van der Waals surface area contributed by atoms with Crippen LogP contribution in [0.4, 0.5) is 4.39 Å². The van der Waals surface area contributed by atoms with Gasteiger partial charge in [-0.2, -0.15) is 0 Å². The van der Waals surface area contributed by atoms with Crippen molar-refractivity contribution in [2.24, 2.45) is 0 Å². The molecule has 0 radical (unpaired) electrons. The van der Waals surface area contributed by atoms with Crippen LogP contribution < -0.4 is 5.32 Å². The van der Waals surface area contributed by atoms with E-state index in [1.165, 1.54) is 6.07 Å². The summed E-state index contributed by atoms with van der Waals surface area (Å²) in [5.41, 5.74) is 1.57. The number of aryl methyl sites for hydroxylation is 1. The molecule has 0 aliphatic carbocycles. The summed E-state index contributed by atoms with van der Waals surface area (Å²) >= 11 is 6.22.